The third kappa shape index (κ3) is 1.85. The molecule has 1 rings (SSSR count). The first kappa shape index (κ1) is 8.32. The highest BCUT2D eigenvalue weighted by Crippen LogP contribution is 2.18. The Morgan fingerprint density at radius 2 is 2.25 bits per heavy atom. The van der Waals surface area contributed by atoms with Gasteiger partial charge in [-0.25, -0.2) is 4.98 Å². The smallest absolute Gasteiger partial charge is 0.308 e. The zero-order valence-electron chi connectivity index (χ0n) is 6.57. The van der Waals surface area contributed by atoms with Crippen molar-refractivity contribution in [3.8, 4) is 5.75 Å². The summed E-state index contributed by atoms with van der Waals surface area (Å²) in [7, 11) is 0. The number of rotatable bonds is 1. The van der Waals surface area contributed by atoms with Crippen molar-refractivity contribution in [2.45, 2.75) is 6.92 Å². The first-order valence-electron chi connectivity index (χ1n) is 3.29. The number of nitrogens with two attached hydrogens (primary N) is 2. The van der Waals surface area contributed by atoms with Crippen LogP contribution in [-0.4, -0.2) is 11.0 Å². The average molecular weight is 167 g/mol. The molecule has 5 nitrogen and oxygen atoms in total. The molecule has 12 heavy (non-hydrogen) atoms. The SMILES string of the molecule is CC(=O)Oc1cnc(N)c(N)c1. The number of hydrogen-bond acceptors (Lipinski definition) is 5. The highest BCUT2D eigenvalue weighted by Gasteiger charge is 2.01. The Hall–Kier alpha value is -1.78. The molecule has 0 spiro atoms. The molecule has 0 radical (unpaired) electrons. The molecule has 1 heterocycles. The highest BCUT2D eigenvalue weighted by molar-refractivity contribution is 5.70. The van der Waals surface area contributed by atoms with Crippen molar-refractivity contribution in [3.05, 3.63) is 12.3 Å². The minimum absolute atomic E-state index is 0.228. The zero-order valence-corrected chi connectivity index (χ0v) is 6.57. The largest absolute Gasteiger partial charge is 0.425 e. The lowest BCUT2D eigenvalue weighted by Crippen LogP contribution is -2.04. The van der Waals surface area contributed by atoms with Crippen molar-refractivity contribution in [3.63, 3.8) is 0 Å². The summed E-state index contributed by atoms with van der Waals surface area (Å²) in [6, 6.07) is 1.45. The summed E-state index contributed by atoms with van der Waals surface area (Å²) in [6.45, 7) is 1.30. The second-order valence-electron chi connectivity index (χ2n) is 2.24. The molecule has 0 fully saturated rings. The first-order chi connectivity index (χ1) is 5.59. The monoisotopic (exact) mass is 167 g/mol. The van der Waals surface area contributed by atoms with Gasteiger partial charge in [-0.2, -0.15) is 0 Å². The van der Waals surface area contributed by atoms with E-state index in [0.717, 1.165) is 0 Å². The van der Waals surface area contributed by atoms with Crippen molar-refractivity contribution in [2.24, 2.45) is 0 Å². The Morgan fingerprint density at radius 3 is 2.75 bits per heavy atom. The standard InChI is InChI=1S/C7H9N3O2/c1-4(11)12-5-2-6(8)7(9)10-3-5/h2-3H,8H2,1H3,(H2,9,10). The van der Waals surface area contributed by atoms with Crippen LogP contribution in [0.2, 0.25) is 0 Å². The number of pyridine rings is 1. The van der Waals surface area contributed by atoms with Crippen LogP contribution in [-0.2, 0) is 4.79 Å². The van der Waals surface area contributed by atoms with Crippen LogP contribution in [0.4, 0.5) is 11.5 Å². The van der Waals surface area contributed by atoms with Crippen LogP contribution < -0.4 is 16.2 Å². The molecule has 1 aromatic rings. The van der Waals surface area contributed by atoms with Gasteiger partial charge in [0.05, 0.1) is 11.9 Å². The fourth-order valence-corrected chi connectivity index (χ4v) is 0.694. The highest BCUT2D eigenvalue weighted by atomic mass is 16.5. The van der Waals surface area contributed by atoms with Gasteiger partial charge in [-0.15, -0.1) is 0 Å². The van der Waals surface area contributed by atoms with Crippen LogP contribution in [0.5, 0.6) is 5.75 Å². The van der Waals surface area contributed by atoms with E-state index in [2.05, 4.69) is 4.98 Å². The summed E-state index contributed by atoms with van der Waals surface area (Å²) in [5.41, 5.74) is 11.1. The second kappa shape index (κ2) is 3.08. The van der Waals surface area contributed by atoms with Crippen LogP contribution in [0, 0.1) is 0 Å². The Bertz CT molecular complexity index is 312. The lowest BCUT2D eigenvalue weighted by Gasteiger charge is -2.02. The first-order valence-corrected chi connectivity index (χ1v) is 3.29. The Kier molecular flexibility index (Phi) is 2.14. The van der Waals surface area contributed by atoms with E-state index in [1.54, 1.807) is 0 Å². The van der Waals surface area contributed by atoms with Crippen molar-refractivity contribution in [1.82, 2.24) is 4.98 Å². The molecule has 0 aliphatic heterocycles. The third-order valence-corrected chi connectivity index (χ3v) is 1.19. The summed E-state index contributed by atoms with van der Waals surface area (Å²) in [5, 5.41) is 0. The minimum atomic E-state index is -0.416. The number of hydrogen-bond donors (Lipinski definition) is 2. The fourth-order valence-electron chi connectivity index (χ4n) is 0.694. The van der Waals surface area contributed by atoms with Gasteiger partial charge in [0.15, 0.2) is 5.75 Å². The number of carbonyl (C=O) groups excluding carboxylic acids is 1. The van der Waals surface area contributed by atoms with E-state index in [4.69, 9.17) is 16.2 Å². The number of nitrogens with zero attached hydrogens (tertiary/aromatic N) is 1. The van der Waals surface area contributed by atoms with Crippen LogP contribution >= 0.6 is 0 Å². The molecule has 0 saturated carbocycles. The Labute approximate surface area is 69.3 Å². The quantitative estimate of drug-likeness (QED) is 0.582. The van der Waals surface area contributed by atoms with Gasteiger partial charge in [0.25, 0.3) is 0 Å². The van der Waals surface area contributed by atoms with Gasteiger partial charge in [-0.3, -0.25) is 4.79 Å². The van der Waals surface area contributed by atoms with Crippen LogP contribution in [0.15, 0.2) is 12.3 Å². The van der Waals surface area contributed by atoms with E-state index in [1.165, 1.54) is 19.2 Å². The van der Waals surface area contributed by atoms with E-state index in [1.807, 2.05) is 0 Å². The zero-order chi connectivity index (χ0) is 9.14. The number of carbonyl (C=O) groups is 1. The number of esters is 1. The Balaban J connectivity index is 2.89. The molecule has 0 saturated heterocycles. The molecule has 0 bridgehead atoms. The predicted octanol–water partition coefficient (Wildman–Crippen LogP) is 0.171. The van der Waals surface area contributed by atoms with Crippen LogP contribution in [0.25, 0.3) is 0 Å². The van der Waals surface area contributed by atoms with E-state index in [-0.39, 0.29) is 5.82 Å². The van der Waals surface area contributed by atoms with Gasteiger partial charge in [-0.1, -0.05) is 0 Å². The van der Waals surface area contributed by atoms with Crippen LogP contribution in [0.1, 0.15) is 6.92 Å². The van der Waals surface area contributed by atoms with Crippen molar-refractivity contribution in [2.75, 3.05) is 11.5 Å². The van der Waals surface area contributed by atoms with Gasteiger partial charge in [0.2, 0.25) is 0 Å². The molecule has 0 amide bonds. The van der Waals surface area contributed by atoms with E-state index in [0.29, 0.717) is 11.4 Å². The second-order valence-corrected chi connectivity index (χ2v) is 2.24. The van der Waals surface area contributed by atoms with Crippen molar-refractivity contribution < 1.29 is 9.53 Å². The molecule has 4 N–H and O–H groups in total. The van der Waals surface area contributed by atoms with Crippen LogP contribution in [0.3, 0.4) is 0 Å². The van der Waals surface area contributed by atoms with Gasteiger partial charge < -0.3 is 16.2 Å². The number of aromatic nitrogens is 1. The van der Waals surface area contributed by atoms with Gasteiger partial charge in [0, 0.05) is 13.0 Å². The average Bonchev–Trinajstić information content (AvgIpc) is 1.96. The number of nitrogen functional groups attached to an aromatic ring is 2. The summed E-state index contributed by atoms with van der Waals surface area (Å²) in [6.07, 6.45) is 1.34. The predicted molar refractivity (Wildman–Crippen MR) is 44.4 cm³/mol. The molecular weight excluding hydrogens is 158 g/mol. The maximum atomic E-state index is 10.5. The van der Waals surface area contributed by atoms with Gasteiger partial charge in [-0.05, 0) is 0 Å². The summed E-state index contributed by atoms with van der Waals surface area (Å²) in [5.74, 6) is 0.112. The summed E-state index contributed by atoms with van der Waals surface area (Å²) < 4.78 is 4.71. The molecule has 5 heteroatoms. The van der Waals surface area contributed by atoms with Crippen molar-refractivity contribution in [1.29, 1.82) is 0 Å². The summed E-state index contributed by atoms with van der Waals surface area (Å²) >= 11 is 0. The lowest BCUT2D eigenvalue weighted by molar-refractivity contribution is -0.131. The lowest BCUT2D eigenvalue weighted by atomic mass is 10.4. The minimum Gasteiger partial charge on any atom is -0.425 e. The van der Waals surface area contributed by atoms with Crippen molar-refractivity contribution >= 4 is 17.5 Å². The molecule has 0 atom stereocenters. The van der Waals surface area contributed by atoms with E-state index in [9.17, 15) is 4.79 Å². The third-order valence-electron chi connectivity index (χ3n) is 1.19. The molecule has 0 aromatic carbocycles. The van der Waals surface area contributed by atoms with E-state index >= 15 is 0 Å². The normalized spacial score (nSPS) is 9.42. The maximum Gasteiger partial charge on any atom is 0.308 e. The molecule has 0 aliphatic carbocycles. The maximum absolute atomic E-state index is 10.5. The van der Waals surface area contributed by atoms with Gasteiger partial charge >= 0.3 is 5.97 Å². The van der Waals surface area contributed by atoms with E-state index < -0.39 is 5.97 Å². The fraction of sp³-hybridized carbons (Fsp3) is 0.143. The molecular formula is C7H9N3O2. The number of anilines is 2. The molecule has 1 aromatic heterocycles. The van der Waals surface area contributed by atoms with Gasteiger partial charge in [0.1, 0.15) is 5.82 Å². The number of ether oxygens (including phenoxy) is 1. The summed E-state index contributed by atoms with van der Waals surface area (Å²) in [4.78, 5) is 14.2. The topological polar surface area (TPSA) is 91.2 Å². The molecule has 0 aliphatic rings. The molecule has 64 valence electrons. The molecule has 0 unspecified atom stereocenters. The Morgan fingerprint density at radius 1 is 1.58 bits per heavy atom.